The smallest absolute Gasteiger partial charge is 0.244 e. The third-order valence-electron chi connectivity index (χ3n) is 5.20. The molecule has 0 bridgehead atoms. The van der Waals surface area contributed by atoms with Gasteiger partial charge in [-0.2, -0.15) is 0 Å². The van der Waals surface area contributed by atoms with Crippen molar-refractivity contribution < 1.29 is 18.0 Å². The van der Waals surface area contributed by atoms with Crippen LogP contribution in [-0.2, 0) is 26.2 Å². The van der Waals surface area contributed by atoms with Gasteiger partial charge in [0.1, 0.15) is 12.6 Å². The topological polar surface area (TPSA) is 86.8 Å². The van der Waals surface area contributed by atoms with E-state index in [2.05, 4.69) is 5.32 Å². The van der Waals surface area contributed by atoms with Gasteiger partial charge in [0.25, 0.3) is 0 Å². The summed E-state index contributed by atoms with van der Waals surface area (Å²) in [6.07, 6.45) is 2.67. The first kappa shape index (κ1) is 29.5. The van der Waals surface area contributed by atoms with Gasteiger partial charge in [0.2, 0.25) is 21.8 Å². The highest BCUT2D eigenvalue weighted by Gasteiger charge is 2.30. The highest BCUT2D eigenvalue weighted by atomic mass is 35.5. The molecule has 2 aromatic carbocycles. The second-order valence-electron chi connectivity index (χ2n) is 7.96. The first-order valence-corrected chi connectivity index (χ1v) is 14.1. The molecule has 0 aliphatic heterocycles. The lowest BCUT2D eigenvalue weighted by Gasteiger charge is -2.31. The minimum atomic E-state index is -3.88. The maximum absolute atomic E-state index is 13.5. The van der Waals surface area contributed by atoms with Crippen molar-refractivity contribution >= 4 is 73.9 Å². The van der Waals surface area contributed by atoms with Crippen molar-refractivity contribution in [1.82, 2.24) is 10.2 Å². The maximum Gasteiger partial charge on any atom is 0.244 e. The van der Waals surface area contributed by atoms with E-state index in [1.807, 2.05) is 6.92 Å². The van der Waals surface area contributed by atoms with Crippen molar-refractivity contribution in [3.8, 4) is 0 Å². The van der Waals surface area contributed by atoms with Gasteiger partial charge in [0.15, 0.2) is 0 Å². The summed E-state index contributed by atoms with van der Waals surface area (Å²) in [7, 11) is -3.88. The van der Waals surface area contributed by atoms with Crippen molar-refractivity contribution in [2.45, 2.75) is 39.3 Å². The number of hydrogen-bond acceptors (Lipinski definition) is 4. The highest BCUT2D eigenvalue weighted by Crippen LogP contribution is 2.29. The average Bonchev–Trinajstić information content (AvgIpc) is 2.78. The normalized spacial score (nSPS) is 12.2. The summed E-state index contributed by atoms with van der Waals surface area (Å²) in [5.41, 5.74) is 0.797. The van der Waals surface area contributed by atoms with E-state index in [1.165, 1.54) is 23.1 Å². The monoisotopic (exact) mass is 581 g/mol. The number of rotatable bonds is 11. The fourth-order valence-corrected chi connectivity index (χ4v) is 4.66. The molecule has 1 atom stereocenters. The number of anilines is 1. The van der Waals surface area contributed by atoms with Gasteiger partial charge in [-0.25, -0.2) is 8.42 Å². The molecule has 35 heavy (non-hydrogen) atoms. The molecule has 0 spiro atoms. The minimum Gasteiger partial charge on any atom is -0.354 e. The highest BCUT2D eigenvalue weighted by molar-refractivity contribution is 7.92. The van der Waals surface area contributed by atoms with Crippen LogP contribution in [0.1, 0.15) is 32.3 Å². The molecule has 0 saturated heterocycles. The molecule has 1 unspecified atom stereocenters. The standard InChI is InChI=1S/C23H27Cl4N3O4S/c1-4-5-10-28-23(32)15(2)29(13-16-6-8-18(24)20(26)11-16)22(31)14-30(35(3,33)34)17-7-9-19(25)21(27)12-17/h6-9,11-12,15H,4-5,10,13-14H2,1-3H3,(H,28,32). The van der Waals surface area contributed by atoms with Crippen LogP contribution in [-0.4, -0.2) is 50.5 Å². The molecule has 0 saturated carbocycles. The average molecular weight is 583 g/mol. The SMILES string of the molecule is CCCCNC(=O)C(C)N(Cc1ccc(Cl)c(Cl)c1)C(=O)CN(c1ccc(Cl)c(Cl)c1)S(C)(=O)=O. The van der Waals surface area contributed by atoms with Crippen LogP contribution in [0.25, 0.3) is 0 Å². The van der Waals surface area contributed by atoms with Crippen LogP contribution in [0.5, 0.6) is 0 Å². The van der Waals surface area contributed by atoms with Gasteiger partial charge in [0.05, 0.1) is 32.0 Å². The van der Waals surface area contributed by atoms with Crippen molar-refractivity contribution in [2.75, 3.05) is 23.7 Å². The van der Waals surface area contributed by atoms with Crippen molar-refractivity contribution in [3.63, 3.8) is 0 Å². The number of nitrogens with zero attached hydrogens (tertiary/aromatic N) is 2. The number of nitrogens with one attached hydrogen (secondary N) is 1. The first-order valence-electron chi connectivity index (χ1n) is 10.8. The second kappa shape index (κ2) is 13.0. The van der Waals surface area contributed by atoms with E-state index < -0.39 is 28.5 Å². The van der Waals surface area contributed by atoms with Crippen molar-refractivity contribution in [3.05, 3.63) is 62.1 Å². The molecule has 0 fully saturated rings. The Bertz CT molecular complexity index is 1180. The lowest BCUT2D eigenvalue weighted by molar-refractivity contribution is -0.139. The van der Waals surface area contributed by atoms with E-state index in [1.54, 1.807) is 25.1 Å². The Morgan fingerprint density at radius 2 is 1.57 bits per heavy atom. The molecule has 2 aromatic rings. The van der Waals surface area contributed by atoms with Crippen LogP contribution in [0.15, 0.2) is 36.4 Å². The van der Waals surface area contributed by atoms with Crippen molar-refractivity contribution in [1.29, 1.82) is 0 Å². The van der Waals surface area contributed by atoms with Crippen LogP contribution in [0, 0.1) is 0 Å². The molecule has 2 amide bonds. The second-order valence-corrected chi connectivity index (χ2v) is 11.5. The fraction of sp³-hybridized carbons (Fsp3) is 0.391. The predicted octanol–water partition coefficient (Wildman–Crippen LogP) is 5.40. The molecule has 1 N–H and O–H groups in total. The Labute approximate surface area is 226 Å². The fourth-order valence-electron chi connectivity index (χ4n) is 3.21. The zero-order chi connectivity index (χ0) is 26.3. The number of carbonyl (C=O) groups is 2. The van der Waals surface area contributed by atoms with E-state index in [0.717, 1.165) is 23.4 Å². The zero-order valence-electron chi connectivity index (χ0n) is 19.5. The summed E-state index contributed by atoms with van der Waals surface area (Å²) >= 11 is 24.2. The van der Waals surface area contributed by atoms with Gasteiger partial charge in [-0.3, -0.25) is 13.9 Å². The van der Waals surface area contributed by atoms with Crippen LogP contribution >= 0.6 is 46.4 Å². The van der Waals surface area contributed by atoms with Gasteiger partial charge in [-0.15, -0.1) is 0 Å². The van der Waals surface area contributed by atoms with E-state index in [9.17, 15) is 18.0 Å². The van der Waals surface area contributed by atoms with Gasteiger partial charge in [0, 0.05) is 13.1 Å². The number of sulfonamides is 1. The minimum absolute atomic E-state index is 0.0110. The largest absolute Gasteiger partial charge is 0.354 e. The molecule has 7 nitrogen and oxygen atoms in total. The number of benzene rings is 2. The van der Waals surface area contributed by atoms with Gasteiger partial charge in [-0.05, 0) is 49.2 Å². The molecule has 2 rings (SSSR count). The number of amides is 2. The van der Waals surface area contributed by atoms with Crippen LogP contribution in [0.2, 0.25) is 20.1 Å². The van der Waals surface area contributed by atoms with Crippen LogP contribution in [0.3, 0.4) is 0 Å². The third-order valence-corrected chi connectivity index (χ3v) is 7.82. The number of hydrogen-bond donors (Lipinski definition) is 1. The van der Waals surface area contributed by atoms with Gasteiger partial charge in [-0.1, -0.05) is 65.8 Å². The molecule has 0 heterocycles. The molecule has 0 radical (unpaired) electrons. The Morgan fingerprint density at radius 1 is 0.971 bits per heavy atom. The Kier molecular flexibility index (Phi) is 11.0. The summed E-state index contributed by atoms with van der Waals surface area (Å²) in [5, 5.41) is 3.84. The number of carbonyl (C=O) groups excluding carboxylic acids is 2. The lowest BCUT2D eigenvalue weighted by atomic mass is 10.1. The summed E-state index contributed by atoms with van der Waals surface area (Å²) < 4.78 is 26.1. The molecule has 12 heteroatoms. The van der Waals surface area contributed by atoms with E-state index in [-0.39, 0.29) is 28.2 Å². The predicted molar refractivity (Wildman–Crippen MR) is 143 cm³/mol. The third kappa shape index (κ3) is 8.43. The zero-order valence-corrected chi connectivity index (χ0v) is 23.4. The van der Waals surface area contributed by atoms with Crippen LogP contribution in [0.4, 0.5) is 5.69 Å². The Balaban J connectivity index is 2.39. The van der Waals surface area contributed by atoms with Crippen molar-refractivity contribution in [2.24, 2.45) is 0 Å². The Morgan fingerprint density at radius 3 is 2.11 bits per heavy atom. The molecule has 0 aliphatic carbocycles. The van der Waals surface area contributed by atoms with E-state index in [4.69, 9.17) is 46.4 Å². The summed E-state index contributed by atoms with van der Waals surface area (Å²) in [6, 6.07) is 8.24. The molecule has 0 aromatic heterocycles. The van der Waals surface area contributed by atoms with E-state index in [0.29, 0.717) is 22.2 Å². The first-order chi connectivity index (χ1) is 16.3. The Hall–Kier alpha value is -1.71. The van der Waals surface area contributed by atoms with Gasteiger partial charge >= 0.3 is 0 Å². The molecule has 0 aliphatic rings. The van der Waals surface area contributed by atoms with Gasteiger partial charge < -0.3 is 10.2 Å². The summed E-state index contributed by atoms with van der Waals surface area (Å²) in [5.74, 6) is -0.946. The molecular weight excluding hydrogens is 556 g/mol. The van der Waals surface area contributed by atoms with E-state index >= 15 is 0 Å². The molecule has 192 valence electrons. The summed E-state index contributed by atoms with van der Waals surface area (Å²) in [6.45, 7) is 3.51. The van der Waals surface area contributed by atoms with Crippen LogP contribution < -0.4 is 9.62 Å². The lowest BCUT2D eigenvalue weighted by Crippen LogP contribution is -2.51. The quantitative estimate of drug-likeness (QED) is 0.359. The maximum atomic E-state index is 13.5. The number of halogens is 4. The summed E-state index contributed by atoms with van der Waals surface area (Å²) in [4.78, 5) is 27.6. The molecular formula is C23H27Cl4N3O4S. The number of unbranched alkanes of at least 4 members (excludes halogenated alkanes) is 1.